The summed E-state index contributed by atoms with van der Waals surface area (Å²) in [5, 5.41) is 8.93. The van der Waals surface area contributed by atoms with E-state index in [0.717, 1.165) is 25.7 Å². The molecule has 3 fully saturated rings. The summed E-state index contributed by atoms with van der Waals surface area (Å²) in [6, 6.07) is 2.78. The summed E-state index contributed by atoms with van der Waals surface area (Å²) in [5.41, 5.74) is 10.8. The van der Waals surface area contributed by atoms with Crippen LogP contribution in [0.4, 0.5) is 14.5 Å². The second kappa shape index (κ2) is 9.31. The van der Waals surface area contributed by atoms with Crippen molar-refractivity contribution in [3.63, 3.8) is 0 Å². The van der Waals surface area contributed by atoms with E-state index in [-0.39, 0.29) is 37.0 Å². The number of carbonyl (C=O) groups is 2. The Morgan fingerprint density at radius 3 is 2.42 bits per heavy atom. The van der Waals surface area contributed by atoms with E-state index in [4.69, 9.17) is 26.0 Å². The van der Waals surface area contributed by atoms with Gasteiger partial charge in [-0.25, -0.2) is 18.6 Å². The molecule has 1 amide bonds. The van der Waals surface area contributed by atoms with Crippen molar-refractivity contribution in [2.24, 2.45) is 17.4 Å². The topological polar surface area (TPSA) is 141 Å². The lowest BCUT2D eigenvalue weighted by Crippen LogP contribution is -2.56. The van der Waals surface area contributed by atoms with Crippen LogP contribution >= 0.6 is 0 Å². The van der Waals surface area contributed by atoms with Crippen LogP contribution in [0.3, 0.4) is 0 Å². The molecule has 1 aromatic heterocycles. The maximum Gasteiger partial charge on any atom is 0.354 e. The van der Waals surface area contributed by atoms with Gasteiger partial charge in [0.05, 0.1) is 19.7 Å². The lowest BCUT2D eigenvalue weighted by Gasteiger charge is -2.40. The van der Waals surface area contributed by atoms with E-state index in [0.29, 0.717) is 31.4 Å². The predicted molar refractivity (Wildman–Crippen MR) is 107 cm³/mol. The standard InChI is InChI=1S/C13H14F2N2O3.C7H14N2O2/c14-13(15)6-17(7-13)10-4-3-9(12(18)19)16-11(10)20-5-8-1-2-8;8-6(10)5-7(9)1-3-11-4-2-7/h3-4,8H,1-2,5-7H2,(H,18,19);1-5,9H2,(H2,8,10). The van der Waals surface area contributed by atoms with Crippen LogP contribution in [0.2, 0.25) is 0 Å². The summed E-state index contributed by atoms with van der Waals surface area (Å²) < 4.78 is 36.5. The number of amides is 1. The first kappa shape index (κ1) is 23.1. The van der Waals surface area contributed by atoms with Crippen LogP contribution in [0.1, 0.15) is 42.6 Å². The third-order valence-electron chi connectivity index (χ3n) is 5.41. The Morgan fingerprint density at radius 1 is 1.26 bits per heavy atom. The highest BCUT2D eigenvalue weighted by Crippen LogP contribution is 2.37. The van der Waals surface area contributed by atoms with E-state index in [9.17, 15) is 18.4 Å². The molecule has 3 aliphatic rings. The molecular weight excluding hydrogens is 414 g/mol. The number of anilines is 1. The number of aromatic carboxylic acids is 1. The molecule has 31 heavy (non-hydrogen) atoms. The lowest BCUT2D eigenvalue weighted by atomic mass is 9.88. The third kappa shape index (κ3) is 6.73. The van der Waals surface area contributed by atoms with Crippen molar-refractivity contribution in [1.29, 1.82) is 0 Å². The van der Waals surface area contributed by atoms with Crippen molar-refractivity contribution in [3.05, 3.63) is 17.8 Å². The van der Waals surface area contributed by atoms with Gasteiger partial charge < -0.3 is 30.9 Å². The van der Waals surface area contributed by atoms with Gasteiger partial charge in [-0.3, -0.25) is 4.79 Å². The van der Waals surface area contributed by atoms with Crippen LogP contribution in [-0.4, -0.2) is 66.3 Å². The zero-order chi connectivity index (χ0) is 22.6. The van der Waals surface area contributed by atoms with Crippen molar-refractivity contribution in [1.82, 2.24) is 4.98 Å². The Morgan fingerprint density at radius 2 is 1.90 bits per heavy atom. The van der Waals surface area contributed by atoms with E-state index in [2.05, 4.69) is 4.98 Å². The van der Waals surface area contributed by atoms with Crippen LogP contribution < -0.4 is 21.1 Å². The number of carboxylic acid groups (broad SMARTS) is 1. The highest BCUT2D eigenvalue weighted by atomic mass is 19.3. The van der Waals surface area contributed by atoms with Gasteiger partial charge in [-0.05, 0) is 43.7 Å². The quantitative estimate of drug-likeness (QED) is 0.575. The van der Waals surface area contributed by atoms with Gasteiger partial charge in [0.15, 0.2) is 5.69 Å². The predicted octanol–water partition coefficient (Wildman–Crippen LogP) is 1.39. The van der Waals surface area contributed by atoms with E-state index in [1.165, 1.54) is 17.0 Å². The van der Waals surface area contributed by atoms with Gasteiger partial charge in [0, 0.05) is 25.2 Å². The molecule has 4 rings (SSSR count). The fourth-order valence-corrected chi connectivity index (χ4v) is 3.36. The summed E-state index contributed by atoms with van der Waals surface area (Å²) in [4.78, 5) is 26.9. The number of halogens is 2. The number of alkyl halides is 2. The number of pyridine rings is 1. The normalized spacial score (nSPS) is 21.3. The maximum absolute atomic E-state index is 12.9. The average Bonchev–Trinajstić information content (AvgIpc) is 3.49. The second-order valence-corrected chi connectivity index (χ2v) is 8.41. The number of nitrogens with two attached hydrogens (primary N) is 2. The van der Waals surface area contributed by atoms with Crippen LogP contribution in [0, 0.1) is 5.92 Å². The van der Waals surface area contributed by atoms with Gasteiger partial charge in [-0.2, -0.15) is 0 Å². The van der Waals surface area contributed by atoms with Gasteiger partial charge in [-0.1, -0.05) is 0 Å². The van der Waals surface area contributed by atoms with Crippen LogP contribution in [0.15, 0.2) is 12.1 Å². The van der Waals surface area contributed by atoms with E-state index in [1.807, 2.05) is 0 Å². The second-order valence-electron chi connectivity index (χ2n) is 8.41. The van der Waals surface area contributed by atoms with Crippen LogP contribution in [-0.2, 0) is 9.53 Å². The number of carbonyl (C=O) groups excluding carboxylic acids is 1. The van der Waals surface area contributed by atoms with Crippen molar-refractivity contribution in [2.45, 2.75) is 43.6 Å². The Labute approximate surface area is 178 Å². The molecule has 0 radical (unpaired) electrons. The highest BCUT2D eigenvalue weighted by molar-refractivity contribution is 5.86. The molecule has 172 valence electrons. The van der Waals surface area contributed by atoms with Crippen LogP contribution in [0.5, 0.6) is 5.88 Å². The highest BCUT2D eigenvalue weighted by Gasteiger charge is 2.45. The number of primary amides is 1. The molecule has 0 aromatic carbocycles. The van der Waals surface area contributed by atoms with E-state index < -0.39 is 17.4 Å². The Bertz CT molecular complexity index is 805. The van der Waals surface area contributed by atoms with Gasteiger partial charge >= 0.3 is 5.97 Å². The number of nitrogens with zero attached hydrogens (tertiary/aromatic N) is 2. The van der Waals surface area contributed by atoms with E-state index in [1.54, 1.807) is 0 Å². The van der Waals surface area contributed by atoms with Crippen molar-refractivity contribution < 1.29 is 33.0 Å². The van der Waals surface area contributed by atoms with Gasteiger partial charge in [0.1, 0.15) is 5.69 Å². The summed E-state index contributed by atoms with van der Waals surface area (Å²) in [7, 11) is 0. The van der Waals surface area contributed by atoms with Gasteiger partial charge in [-0.15, -0.1) is 0 Å². The summed E-state index contributed by atoms with van der Waals surface area (Å²) in [6.45, 7) is 0.961. The molecule has 1 aliphatic carbocycles. The fraction of sp³-hybridized carbons (Fsp3) is 0.650. The third-order valence-corrected chi connectivity index (χ3v) is 5.41. The fourth-order valence-electron chi connectivity index (χ4n) is 3.36. The molecule has 3 heterocycles. The zero-order valence-electron chi connectivity index (χ0n) is 17.2. The minimum Gasteiger partial charge on any atom is -0.477 e. The monoisotopic (exact) mass is 442 g/mol. The summed E-state index contributed by atoms with van der Waals surface area (Å²) >= 11 is 0. The Kier molecular flexibility index (Phi) is 6.95. The van der Waals surface area contributed by atoms with Crippen LogP contribution in [0.25, 0.3) is 0 Å². The number of ether oxygens (including phenoxy) is 2. The number of aromatic nitrogens is 1. The first-order chi connectivity index (χ1) is 14.6. The number of hydrogen-bond acceptors (Lipinski definition) is 7. The SMILES string of the molecule is NC(=O)CC1(N)CCOCC1.O=C(O)c1ccc(N2CC(F)(F)C2)c(OCC2CC2)n1. The van der Waals surface area contributed by atoms with Crippen molar-refractivity contribution in [3.8, 4) is 5.88 Å². The summed E-state index contributed by atoms with van der Waals surface area (Å²) in [5.74, 6) is -3.58. The zero-order valence-corrected chi connectivity index (χ0v) is 17.2. The summed E-state index contributed by atoms with van der Waals surface area (Å²) in [6.07, 6.45) is 3.90. The number of rotatable bonds is 7. The van der Waals surface area contributed by atoms with Gasteiger partial charge in [0.2, 0.25) is 11.8 Å². The molecule has 11 heteroatoms. The Balaban J connectivity index is 0.000000210. The average molecular weight is 442 g/mol. The molecule has 9 nitrogen and oxygen atoms in total. The molecule has 0 bridgehead atoms. The molecule has 0 spiro atoms. The number of hydrogen-bond donors (Lipinski definition) is 3. The van der Waals surface area contributed by atoms with Crippen molar-refractivity contribution >= 4 is 17.6 Å². The molecule has 5 N–H and O–H groups in total. The molecule has 2 saturated heterocycles. The first-order valence-corrected chi connectivity index (χ1v) is 10.2. The largest absolute Gasteiger partial charge is 0.477 e. The minimum atomic E-state index is -2.70. The van der Waals surface area contributed by atoms with Crippen molar-refractivity contribution in [2.75, 3.05) is 37.8 Å². The maximum atomic E-state index is 12.9. The Hall–Kier alpha value is -2.53. The molecule has 0 atom stereocenters. The number of carboxylic acids is 1. The smallest absolute Gasteiger partial charge is 0.354 e. The molecule has 1 saturated carbocycles. The van der Waals surface area contributed by atoms with Gasteiger partial charge in [0.25, 0.3) is 5.92 Å². The lowest BCUT2D eigenvalue weighted by molar-refractivity contribution is -0.120. The molecule has 0 unspecified atom stereocenters. The minimum absolute atomic E-state index is 0.132. The van der Waals surface area contributed by atoms with E-state index >= 15 is 0 Å². The molecular formula is C20H28F2N4O5. The molecule has 1 aromatic rings. The first-order valence-electron chi connectivity index (χ1n) is 10.2. The molecule has 2 aliphatic heterocycles.